The zero-order valence-electron chi connectivity index (χ0n) is 10.8. The number of piperidine rings is 1. The second-order valence-corrected chi connectivity index (χ2v) is 5.39. The summed E-state index contributed by atoms with van der Waals surface area (Å²) in [5.74, 6) is -1.63. The molecule has 0 spiro atoms. The molecule has 2 fully saturated rings. The molecule has 108 valence electrons. The fourth-order valence-electron chi connectivity index (χ4n) is 3.23. The molecule has 3 nitrogen and oxygen atoms in total. The molecule has 0 aromatic heterocycles. The predicted octanol–water partition coefficient (Wildman–Crippen LogP) is 3.46. The second kappa shape index (κ2) is 5.00. The van der Waals surface area contributed by atoms with E-state index in [1.807, 2.05) is 0 Å². The van der Waals surface area contributed by atoms with E-state index < -0.39 is 29.5 Å². The van der Waals surface area contributed by atoms with Crippen molar-refractivity contribution in [1.29, 1.82) is 0 Å². The van der Waals surface area contributed by atoms with Crippen molar-refractivity contribution in [2.75, 3.05) is 5.32 Å². The minimum Gasteiger partial charge on any atom is -0.318 e. The second-order valence-electron chi connectivity index (χ2n) is 5.39. The highest BCUT2D eigenvalue weighted by Gasteiger charge is 2.43. The van der Waals surface area contributed by atoms with Crippen LogP contribution in [0.25, 0.3) is 0 Å². The number of urea groups is 1. The van der Waals surface area contributed by atoms with Crippen molar-refractivity contribution < 1.29 is 18.0 Å². The maximum Gasteiger partial charge on any atom is 0.322 e. The lowest BCUT2D eigenvalue weighted by Crippen LogP contribution is -2.49. The molecular formula is C14H15F3N2O. The Labute approximate surface area is 114 Å². The molecule has 6 heteroatoms. The Bertz CT molecular complexity index is 503. The van der Waals surface area contributed by atoms with Crippen molar-refractivity contribution in [3.63, 3.8) is 0 Å². The van der Waals surface area contributed by atoms with E-state index in [0.29, 0.717) is 12.8 Å². The minimum absolute atomic E-state index is 0.168. The lowest BCUT2D eigenvalue weighted by molar-refractivity contribution is 0.110. The zero-order valence-corrected chi connectivity index (χ0v) is 10.8. The third kappa shape index (κ3) is 2.23. The molecule has 1 aromatic carbocycles. The summed E-state index contributed by atoms with van der Waals surface area (Å²) in [6.45, 7) is 0. The maximum absolute atomic E-state index is 13.5. The number of halogens is 3. The summed E-state index contributed by atoms with van der Waals surface area (Å²) >= 11 is 0. The van der Waals surface area contributed by atoms with Crippen LogP contribution in [0.5, 0.6) is 0 Å². The summed E-state index contributed by atoms with van der Waals surface area (Å²) < 4.78 is 40.5. The molecule has 2 unspecified atom stereocenters. The van der Waals surface area contributed by atoms with Crippen molar-refractivity contribution in [2.45, 2.75) is 43.9 Å². The summed E-state index contributed by atoms with van der Waals surface area (Å²) in [5, 5.41) is 2.28. The van der Waals surface area contributed by atoms with Gasteiger partial charge in [-0.25, -0.2) is 18.0 Å². The Kier molecular flexibility index (Phi) is 3.31. The van der Waals surface area contributed by atoms with Crippen molar-refractivity contribution in [3.8, 4) is 0 Å². The van der Waals surface area contributed by atoms with Crippen LogP contribution in [-0.4, -0.2) is 29.2 Å². The number of nitrogens with one attached hydrogen (secondary N) is 1. The van der Waals surface area contributed by atoms with E-state index in [9.17, 15) is 18.0 Å². The van der Waals surface area contributed by atoms with Gasteiger partial charge in [0.15, 0.2) is 0 Å². The average Bonchev–Trinajstić information content (AvgIpc) is 2.66. The molecule has 2 saturated heterocycles. The molecule has 3 rings (SSSR count). The van der Waals surface area contributed by atoms with E-state index in [-0.39, 0.29) is 12.1 Å². The van der Waals surface area contributed by atoms with Crippen LogP contribution in [-0.2, 0) is 0 Å². The summed E-state index contributed by atoms with van der Waals surface area (Å²) in [6.07, 6.45) is 1.23. The fraction of sp³-hybridized carbons (Fsp3) is 0.500. The van der Waals surface area contributed by atoms with Gasteiger partial charge in [-0.3, -0.25) is 0 Å². The number of para-hydroxylation sites is 1. The fourth-order valence-corrected chi connectivity index (χ4v) is 3.23. The third-order valence-electron chi connectivity index (χ3n) is 4.10. The van der Waals surface area contributed by atoms with Gasteiger partial charge in [-0.05, 0) is 37.8 Å². The monoisotopic (exact) mass is 284 g/mol. The van der Waals surface area contributed by atoms with Gasteiger partial charge in [-0.15, -0.1) is 0 Å². The van der Waals surface area contributed by atoms with Crippen LogP contribution < -0.4 is 5.32 Å². The van der Waals surface area contributed by atoms with E-state index >= 15 is 0 Å². The summed E-state index contributed by atoms with van der Waals surface area (Å²) in [6, 6.07) is 2.52. The van der Waals surface area contributed by atoms with Crippen LogP contribution in [0.4, 0.5) is 23.7 Å². The first-order valence-corrected chi connectivity index (χ1v) is 6.73. The maximum atomic E-state index is 13.5. The standard InChI is InChI=1S/C14H15F3N2O/c15-8-6-9-4-5-10(7-8)19(9)14(20)18-13-11(16)2-1-3-12(13)17/h1-3,8-10H,4-7H2,(H,18,20). The highest BCUT2D eigenvalue weighted by atomic mass is 19.1. The van der Waals surface area contributed by atoms with E-state index in [1.54, 1.807) is 4.90 Å². The molecule has 20 heavy (non-hydrogen) atoms. The van der Waals surface area contributed by atoms with Crippen molar-refractivity contribution >= 4 is 11.7 Å². The average molecular weight is 284 g/mol. The van der Waals surface area contributed by atoms with Gasteiger partial charge in [-0.2, -0.15) is 0 Å². The lowest BCUT2D eigenvalue weighted by Gasteiger charge is -2.36. The van der Waals surface area contributed by atoms with Crippen LogP contribution in [0.15, 0.2) is 18.2 Å². The SMILES string of the molecule is O=C(Nc1c(F)cccc1F)N1C2CCC1CC(F)C2. The number of carbonyl (C=O) groups is 1. The van der Waals surface area contributed by atoms with Crippen LogP contribution in [0.2, 0.25) is 0 Å². The van der Waals surface area contributed by atoms with Gasteiger partial charge in [0.05, 0.1) is 0 Å². The summed E-state index contributed by atoms with van der Waals surface area (Å²) in [7, 11) is 0. The van der Waals surface area contributed by atoms with Gasteiger partial charge in [0.25, 0.3) is 0 Å². The van der Waals surface area contributed by atoms with Crippen molar-refractivity contribution in [2.24, 2.45) is 0 Å². The molecule has 2 heterocycles. The number of amides is 2. The number of benzene rings is 1. The van der Waals surface area contributed by atoms with Crippen molar-refractivity contribution in [3.05, 3.63) is 29.8 Å². The van der Waals surface area contributed by atoms with Gasteiger partial charge in [-0.1, -0.05) is 6.07 Å². The third-order valence-corrected chi connectivity index (χ3v) is 4.10. The number of nitrogens with zero attached hydrogens (tertiary/aromatic N) is 1. The molecular weight excluding hydrogens is 269 g/mol. The van der Waals surface area contributed by atoms with E-state index in [1.165, 1.54) is 6.07 Å². The Morgan fingerprint density at radius 3 is 2.25 bits per heavy atom. The Hall–Kier alpha value is -1.72. The van der Waals surface area contributed by atoms with E-state index in [4.69, 9.17) is 0 Å². The molecule has 1 N–H and O–H groups in total. The Morgan fingerprint density at radius 2 is 1.70 bits per heavy atom. The molecule has 2 amide bonds. The highest BCUT2D eigenvalue weighted by molar-refractivity contribution is 5.90. The number of alkyl halides is 1. The normalized spacial score (nSPS) is 28.6. The summed E-state index contributed by atoms with van der Waals surface area (Å²) in [5.41, 5.74) is -0.445. The first-order valence-electron chi connectivity index (χ1n) is 6.73. The molecule has 2 aliphatic rings. The number of anilines is 1. The largest absolute Gasteiger partial charge is 0.322 e. The van der Waals surface area contributed by atoms with E-state index in [2.05, 4.69) is 5.32 Å². The van der Waals surface area contributed by atoms with Crippen LogP contribution in [0.1, 0.15) is 25.7 Å². The smallest absolute Gasteiger partial charge is 0.318 e. The molecule has 2 bridgehead atoms. The molecule has 1 aromatic rings. The molecule has 2 aliphatic heterocycles. The number of hydrogen-bond donors (Lipinski definition) is 1. The first-order chi connectivity index (χ1) is 9.56. The Balaban J connectivity index is 1.77. The quantitative estimate of drug-likeness (QED) is 0.841. The summed E-state index contributed by atoms with van der Waals surface area (Å²) in [4.78, 5) is 13.7. The van der Waals surface area contributed by atoms with Crippen LogP contribution >= 0.6 is 0 Å². The van der Waals surface area contributed by atoms with E-state index in [0.717, 1.165) is 25.0 Å². The molecule has 0 aliphatic carbocycles. The predicted molar refractivity (Wildman–Crippen MR) is 68.2 cm³/mol. The number of fused-ring (bicyclic) bond motifs is 2. The molecule has 2 atom stereocenters. The zero-order chi connectivity index (χ0) is 14.3. The number of rotatable bonds is 1. The molecule has 0 radical (unpaired) electrons. The topological polar surface area (TPSA) is 32.3 Å². The highest BCUT2D eigenvalue weighted by Crippen LogP contribution is 2.37. The minimum atomic E-state index is -0.887. The Morgan fingerprint density at radius 1 is 1.15 bits per heavy atom. The first kappa shape index (κ1) is 13.3. The van der Waals surface area contributed by atoms with Gasteiger partial charge < -0.3 is 10.2 Å². The van der Waals surface area contributed by atoms with Gasteiger partial charge >= 0.3 is 6.03 Å². The van der Waals surface area contributed by atoms with Crippen LogP contribution in [0.3, 0.4) is 0 Å². The van der Waals surface area contributed by atoms with Gasteiger partial charge in [0.1, 0.15) is 23.5 Å². The van der Waals surface area contributed by atoms with Crippen LogP contribution in [0, 0.1) is 11.6 Å². The van der Waals surface area contributed by atoms with Gasteiger partial charge in [0, 0.05) is 12.1 Å². The molecule has 0 saturated carbocycles. The number of hydrogen-bond acceptors (Lipinski definition) is 1. The van der Waals surface area contributed by atoms with Crippen molar-refractivity contribution in [1.82, 2.24) is 4.90 Å². The lowest BCUT2D eigenvalue weighted by atomic mass is 10.0. The van der Waals surface area contributed by atoms with Gasteiger partial charge in [0.2, 0.25) is 0 Å². The number of carbonyl (C=O) groups excluding carboxylic acids is 1.